The van der Waals surface area contributed by atoms with Crippen LogP contribution >= 0.6 is 23.5 Å². The summed E-state index contributed by atoms with van der Waals surface area (Å²) in [7, 11) is -4.03. The van der Waals surface area contributed by atoms with Gasteiger partial charge < -0.3 is 5.32 Å². The lowest BCUT2D eigenvalue weighted by molar-refractivity contribution is 0.603. The largest absolute Gasteiger partial charge is 0.349 e. The van der Waals surface area contributed by atoms with Crippen LogP contribution < -0.4 is 5.32 Å². The molecular formula is C23H19FN2O2S3. The van der Waals surface area contributed by atoms with Crippen molar-refractivity contribution >= 4 is 39.0 Å². The minimum absolute atomic E-state index is 0.0473. The normalized spacial score (nSPS) is 12.0. The van der Waals surface area contributed by atoms with Crippen molar-refractivity contribution in [1.82, 2.24) is 0 Å². The van der Waals surface area contributed by atoms with Gasteiger partial charge >= 0.3 is 0 Å². The van der Waals surface area contributed by atoms with Gasteiger partial charge in [-0.2, -0.15) is 5.26 Å². The third-order valence-electron chi connectivity index (χ3n) is 4.25. The van der Waals surface area contributed by atoms with E-state index in [0.29, 0.717) is 11.4 Å². The summed E-state index contributed by atoms with van der Waals surface area (Å²) >= 11 is 2.74. The number of allylic oxidation sites excluding steroid dienone is 1. The summed E-state index contributed by atoms with van der Waals surface area (Å²) in [4.78, 5) is 0.684. The van der Waals surface area contributed by atoms with E-state index in [9.17, 15) is 18.1 Å². The number of benzene rings is 3. The van der Waals surface area contributed by atoms with Crippen molar-refractivity contribution in [2.45, 2.75) is 15.5 Å². The topological polar surface area (TPSA) is 70.0 Å². The monoisotopic (exact) mass is 470 g/mol. The number of nitriles is 1. The lowest BCUT2D eigenvalue weighted by Gasteiger charge is -2.14. The summed E-state index contributed by atoms with van der Waals surface area (Å²) in [6.45, 7) is 0. The predicted molar refractivity (Wildman–Crippen MR) is 126 cm³/mol. The Labute approximate surface area is 190 Å². The minimum atomic E-state index is -4.03. The number of hydrogen-bond acceptors (Lipinski definition) is 6. The molecule has 0 unspecified atom stereocenters. The molecule has 3 aromatic rings. The Hall–Kier alpha value is -2.73. The van der Waals surface area contributed by atoms with Gasteiger partial charge in [-0.25, -0.2) is 12.8 Å². The minimum Gasteiger partial charge on any atom is -0.349 e. The molecule has 0 aliphatic rings. The van der Waals surface area contributed by atoms with Gasteiger partial charge in [0, 0.05) is 16.3 Å². The molecule has 0 saturated carbocycles. The molecule has 0 fully saturated rings. The van der Waals surface area contributed by atoms with Crippen LogP contribution in [0.1, 0.15) is 5.56 Å². The van der Waals surface area contributed by atoms with Crippen LogP contribution in [0.3, 0.4) is 0 Å². The van der Waals surface area contributed by atoms with Crippen LogP contribution in [0, 0.1) is 17.1 Å². The van der Waals surface area contributed by atoms with Gasteiger partial charge in [-0.1, -0.05) is 36.4 Å². The average Bonchev–Trinajstić information content (AvgIpc) is 2.79. The van der Waals surface area contributed by atoms with Crippen LogP contribution in [0.15, 0.2) is 98.6 Å². The molecular weight excluding hydrogens is 451 g/mol. The third-order valence-corrected chi connectivity index (χ3v) is 7.91. The molecule has 0 bridgehead atoms. The van der Waals surface area contributed by atoms with Crippen molar-refractivity contribution in [3.05, 3.63) is 100 Å². The van der Waals surface area contributed by atoms with E-state index in [1.807, 2.05) is 36.6 Å². The molecule has 3 rings (SSSR count). The fourth-order valence-corrected chi connectivity index (χ4v) is 5.68. The highest BCUT2D eigenvalue weighted by Crippen LogP contribution is 2.32. The molecule has 0 heterocycles. The number of thioether (sulfide) groups is 2. The first kappa shape index (κ1) is 22.9. The Kier molecular flexibility index (Phi) is 7.80. The Bertz CT molecular complexity index is 1220. The number of anilines is 1. The van der Waals surface area contributed by atoms with E-state index in [-0.39, 0.29) is 20.6 Å². The van der Waals surface area contributed by atoms with Gasteiger partial charge in [0.25, 0.3) is 0 Å². The molecule has 0 aromatic heterocycles. The van der Waals surface area contributed by atoms with Crippen LogP contribution in [-0.2, 0) is 15.6 Å². The standard InChI is InChI=1S/C23H19FN2O2S3/c1-29-20-7-5-6-19(14-20)26-23(30-16-17-10-12-18(24)13-11-17)22(15-25)31(27,28)21-8-3-2-4-9-21/h2-14,26H,16H2,1H3/b23-22+. The average molecular weight is 471 g/mol. The summed E-state index contributed by atoms with van der Waals surface area (Å²) in [5, 5.41) is 13.1. The number of rotatable bonds is 8. The fraction of sp³-hybridized carbons (Fsp3) is 0.0870. The molecule has 0 atom stereocenters. The summed E-state index contributed by atoms with van der Waals surface area (Å²) in [5.41, 5.74) is 1.47. The molecule has 0 radical (unpaired) electrons. The highest BCUT2D eigenvalue weighted by molar-refractivity contribution is 8.04. The lowest BCUT2D eigenvalue weighted by atomic mass is 10.2. The van der Waals surface area contributed by atoms with Crippen LogP contribution in [0.4, 0.5) is 10.1 Å². The maximum absolute atomic E-state index is 13.2. The van der Waals surface area contributed by atoms with E-state index in [2.05, 4.69) is 5.32 Å². The smallest absolute Gasteiger partial charge is 0.219 e. The van der Waals surface area contributed by atoms with Gasteiger partial charge in [0.05, 0.1) is 4.90 Å². The lowest BCUT2D eigenvalue weighted by Crippen LogP contribution is -2.10. The molecule has 0 saturated heterocycles. The van der Waals surface area contributed by atoms with E-state index in [0.717, 1.165) is 10.5 Å². The van der Waals surface area contributed by atoms with Gasteiger partial charge in [-0.3, -0.25) is 0 Å². The van der Waals surface area contributed by atoms with Crippen LogP contribution in [0.5, 0.6) is 0 Å². The highest BCUT2D eigenvalue weighted by Gasteiger charge is 2.25. The number of sulfone groups is 1. The molecule has 0 spiro atoms. The Morgan fingerprint density at radius 2 is 1.74 bits per heavy atom. The fourth-order valence-electron chi connectivity index (χ4n) is 2.68. The number of hydrogen-bond donors (Lipinski definition) is 1. The summed E-state index contributed by atoms with van der Waals surface area (Å²) in [6.07, 6.45) is 1.94. The van der Waals surface area contributed by atoms with Gasteiger partial charge in [-0.05, 0) is 54.3 Å². The van der Waals surface area contributed by atoms with Crippen LogP contribution in [0.2, 0.25) is 0 Å². The van der Waals surface area contributed by atoms with E-state index in [1.165, 1.54) is 36.0 Å². The van der Waals surface area contributed by atoms with Crippen molar-refractivity contribution in [1.29, 1.82) is 5.26 Å². The molecule has 0 amide bonds. The summed E-state index contributed by atoms with van der Waals surface area (Å²) < 4.78 is 39.6. The van der Waals surface area contributed by atoms with Gasteiger partial charge in [0.2, 0.25) is 9.84 Å². The van der Waals surface area contributed by atoms with E-state index >= 15 is 0 Å². The maximum atomic E-state index is 13.2. The van der Waals surface area contributed by atoms with E-state index in [4.69, 9.17) is 0 Å². The summed E-state index contributed by atoms with van der Waals surface area (Å²) in [5.74, 6) is 0.0150. The second-order valence-corrected chi connectivity index (χ2v) is 10.1. The van der Waals surface area contributed by atoms with Crippen molar-refractivity contribution in [2.75, 3.05) is 11.6 Å². The first-order valence-corrected chi connectivity index (χ1v) is 12.9. The van der Waals surface area contributed by atoms with Crippen molar-refractivity contribution < 1.29 is 12.8 Å². The SMILES string of the molecule is CSc1cccc(N/C(SCc2ccc(F)cc2)=C(/C#N)S(=O)(=O)c2ccccc2)c1. The van der Waals surface area contributed by atoms with Gasteiger partial charge in [0.1, 0.15) is 16.9 Å². The quantitative estimate of drug-likeness (QED) is 0.319. The molecule has 158 valence electrons. The molecule has 4 nitrogen and oxygen atoms in total. The molecule has 1 N–H and O–H groups in total. The zero-order valence-electron chi connectivity index (χ0n) is 16.6. The van der Waals surface area contributed by atoms with Crippen molar-refractivity contribution in [2.24, 2.45) is 0 Å². The zero-order valence-corrected chi connectivity index (χ0v) is 19.0. The van der Waals surface area contributed by atoms with Crippen molar-refractivity contribution in [3.8, 4) is 6.07 Å². The van der Waals surface area contributed by atoms with E-state index < -0.39 is 9.84 Å². The maximum Gasteiger partial charge on any atom is 0.219 e. The molecule has 3 aromatic carbocycles. The number of nitrogens with one attached hydrogen (secondary N) is 1. The van der Waals surface area contributed by atoms with Gasteiger partial charge in [-0.15, -0.1) is 23.5 Å². The molecule has 8 heteroatoms. The number of nitrogens with zero attached hydrogens (tertiary/aromatic N) is 1. The van der Waals surface area contributed by atoms with Gasteiger partial charge in [0.15, 0.2) is 4.91 Å². The van der Waals surface area contributed by atoms with Crippen LogP contribution in [-0.4, -0.2) is 14.7 Å². The van der Waals surface area contributed by atoms with Crippen molar-refractivity contribution in [3.63, 3.8) is 0 Å². The molecule has 0 aliphatic carbocycles. The molecule has 0 aliphatic heterocycles. The predicted octanol–water partition coefficient (Wildman–Crippen LogP) is 6.06. The Morgan fingerprint density at radius 3 is 2.39 bits per heavy atom. The molecule has 31 heavy (non-hydrogen) atoms. The Morgan fingerprint density at radius 1 is 1.03 bits per heavy atom. The highest BCUT2D eigenvalue weighted by atomic mass is 32.2. The van der Waals surface area contributed by atoms with E-state index in [1.54, 1.807) is 42.1 Å². The Balaban J connectivity index is 2.03. The second kappa shape index (κ2) is 10.5. The number of halogens is 1. The summed E-state index contributed by atoms with van der Waals surface area (Å²) in [6, 6.07) is 23.2. The second-order valence-electron chi connectivity index (χ2n) is 6.36. The first-order valence-electron chi connectivity index (χ1n) is 9.17. The zero-order chi connectivity index (χ0) is 22.3. The van der Waals surface area contributed by atoms with Crippen LogP contribution in [0.25, 0.3) is 0 Å². The first-order chi connectivity index (χ1) is 14.9. The third kappa shape index (κ3) is 5.91.